The minimum Gasteiger partial charge on any atom is -0.493 e. The zero-order valence-electron chi connectivity index (χ0n) is 17.3. The highest BCUT2D eigenvalue weighted by Crippen LogP contribution is 2.37. The summed E-state index contributed by atoms with van der Waals surface area (Å²) in [6.07, 6.45) is 0. The van der Waals surface area contributed by atoms with Gasteiger partial charge in [0.05, 0.1) is 11.6 Å². The van der Waals surface area contributed by atoms with Crippen molar-refractivity contribution in [1.82, 2.24) is 20.9 Å². The molecule has 0 unspecified atom stereocenters. The van der Waals surface area contributed by atoms with Crippen LogP contribution in [0.15, 0.2) is 45.5 Å². The number of hydrogen-bond acceptors (Lipinski definition) is 8. The van der Waals surface area contributed by atoms with Crippen LogP contribution < -0.4 is 25.8 Å². The molecule has 1 aromatic heterocycles. The second kappa shape index (κ2) is 10.8. The van der Waals surface area contributed by atoms with Gasteiger partial charge < -0.3 is 25.8 Å². The molecule has 2 aromatic carbocycles. The first-order valence-corrected chi connectivity index (χ1v) is 10.4. The first kappa shape index (κ1) is 22.6. The summed E-state index contributed by atoms with van der Waals surface area (Å²) in [6, 6.07) is 12.1. The highest BCUT2D eigenvalue weighted by atomic mass is 79.9. The lowest BCUT2D eigenvalue weighted by atomic mass is 10.1. The molecule has 0 aliphatic heterocycles. The average molecular weight is 490 g/mol. The number of benzene rings is 2. The monoisotopic (exact) mass is 489 g/mol. The molecule has 0 atom stereocenters. The molecular formula is C21H24BrN5O4. The standard InChI is InChI=1S/C21H24BrN5O4/c1-13-4-3-5-14(8-13)12-30-19-16(22)9-15(10-17(19)29-2)11-24-6-7-25-21(28)18-20(23)27-31-26-18/h3-5,8-10,24H,6-7,11-12H2,1-2H3,(H2,23,27)(H,25,28). The van der Waals surface area contributed by atoms with Gasteiger partial charge in [0.1, 0.15) is 6.61 Å². The number of carbonyl (C=O) groups excluding carboxylic acids is 1. The smallest absolute Gasteiger partial charge is 0.277 e. The van der Waals surface area contributed by atoms with Gasteiger partial charge in [-0.05, 0) is 56.4 Å². The molecule has 0 bridgehead atoms. The second-order valence-corrected chi connectivity index (χ2v) is 7.67. The quantitative estimate of drug-likeness (QED) is 0.371. The first-order chi connectivity index (χ1) is 15.0. The zero-order valence-corrected chi connectivity index (χ0v) is 18.9. The predicted molar refractivity (Wildman–Crippen MR) is 119 cm³/mol. The van der Waals surface area contributed by atoms with Crippen LogP contribution in [0.2, 0.25) is 0 Å². The average Bonchev–Trinajstić information content (AvgIpc) is 3.18. The first-order valence-electron chi connectivity index (χ1n) is 9.59. The fourth-order valence-electron chi connectivity index (χ4n) is 2.91. The summed E-state index contributed by atoms with van der Waals surface area (Å²) in [5.74, 6) is 0.826. The van der Waals surface area contributed by atoms with E-state index in [2.05, 4.69) is 47.6 Å². The largest absolute Gasteiger partial charge is 0.493 e. The summed E-state index contributed by atoms with van der Waals surface area (Å²) < 4.78 is 16.7. The number of amides is 1. The Morgan fingerprint density at radius 1 is 1.19 bits per heavy atom. The highest BCUT2D eigenvalue weighted by molar-refractivity contribution is 9.10. The van der Waals surface area contributed by atoms with Gasteiger partial charge in [-0.3, -0.25) is 4.79 Å². The number of nitrogen functional groups attached to an aromatic ring is 1. The Hall–Kier alpha value is -3.11. The summed E-state index contributed by atoms with van der Waals surface area (Å²) in [5, 5.41) is 12.8. The molecule has 1 amide bonds. The van der Waals surface area contributed by atoms with Crippen molar-refractivity contribution in [3.05, 3.63) is 63.3 Å². The van der Waals surface area contributed by atoms with Gasteiger partial charge in [0.15, 0.2) is 11.5 Å². The molecule has 0 aliphatic rings. The fraction of sp³-hybridized carbons (Fsp3) is 0.286. The molecule has 0 saturated carbocycles. The van der Waals surface area contributed by atoms with E-state index in [1.54, 1.807) is 7.11 Å². The van der Waals surface area contributed by atoms with Crippen LogP contribution in [-0.4, -0.2) is 36.4 Å². The maximum Gasteiger partial charge on any atom is 0.277 e. The van der Waals surface area contributed by atoms with Crippen LogP contribution in [-0.2, 0) is 13.2 Å². The van der Waals surface area contributed by atoms with Crippen molar-refractivity contribution in [3.63, 3.8) is 0 Å². The molecule has 0 aliphatic carbocycles. The molecule has 3 rings (SSSR count). The van der Waals surface area contributed by atoms with Gasteiger partial charge in [0.25, 0.3) is 5.91 Å². The Kier molecular flexibility index (Phi) is 7.85. The number of nitrogens with zero attached hydrogens (tertiary/aromatic N) is 2. The van der Waals surface area contributed by atoms with Gasteiger partial charge in [0.2, 0.25) is 11.5 Å². The molecule has 3 aromatic rings. The molecule has 1 heterocycles. The number of carbonyl (C=O) groups is 1. The molecule has 0 spiro atoms. The van der Waals surface area contributed by atoms with E-state index in [0.29, 0.717) is 37.7 Å². The third-order valence-electron chi connectivity index (χ3n) is 4.40. The van der Waals surface area contributed by atoms with Crippen LogP contribution in [0.4, 0.5) is 5.82 Å². The number of ether oxygens (including phenoxy) is 2. The number of rotatable bonds is 10. The molecule has 31 heavy (non-hydrogen) atoms. The normalized spacial score (nSPS) is 10.7. The van der Waals surface area contributed by atoms with Gasteiger partial charge in [-0.2, -0.15) is 0 Å². The summed E-state index contributed by atoms with van der Waals surface area (Å²) in [5.41, 5.74) is 8.75. The highest BCUT2D eigenvalue weighted by Gasteiger charge is 2.15. The van der Waals surface area contributed by atoms with E-state index in [0.717, 1.165) is 15.6 Å². The topological polar surface area (TPSA) is 125 Å². The van der Waals surface area contributed by atoms with E-state index in [1.807, 2.05) is 37.3 Å². The Labute approximate surface area is 188 Å². The summed E-state index contributed by atoms with van der Waals surface area (Å²) in [6.45, 7) is 4.01. The molecule has 0 saturated heterocycles. The van der Waals surface area contributed by atoms with Crippen LogP contribution in [0.25, 0.3) is 0 Å². The fourth-order valence-corrected chi connectivity index (χ4v) is 3.51. The van der Waals surface area contributed by atoms with Crippen molar-refractivity contribution < 1.29 is 18.9 Å². The lowest BCUT2D eigenvalue weighted by Crippen LogP contribution is -2.32. The molecular weight excluding hydrogens is 466 g/mol. The minimum absolute atomic E-state index is 0.0186. The van der Waals surface area contributed by atoms with E-state index < -0.39 is 5.91 Å². The SMILES string of the molecule is COc1cc(CNCCNC(=O)c2nonc2N)cc(Br)c1OCc1cccc(C)c1. The number of hydrogen-bond donors (Lipinski definition) is 3. The van der Waals surface area contributed by atoms with Gasteiger partial charge in [-0.15, -0.1) is 0 Å². The molecule has 4 N–H and O–H groups in total. The summed E-state index contributed by atoms with van der Waals surface area (Å²) in [4.78, 5) is 11.9. The van der Waals surface area contributed by atoms with Gasteiger partial charge in [0, 0.05) is 19.6 Å². The van der Waals surface area contributed by atoms with Crippen molar-refractivity contribution >= 4 is 27.7 Å². The number of methoxy groups -OCH3 is 1. The molecule has 9 nitrogen and oxygen atoms in total. The number of aromatic nitrogens is 2. The van der Waals surface area contributed by atoms with Crippen molar-refractivity contribution in [2.45, 2.75) is 20.1 Å². The van der Waals surface area contributed by atoms with Crippen LogP contribution in [0, 0.1) is 6.92 Å². The zero-order chi connectivity index (χ0) is 22.2. The third kappa shape index (κ3) is 6.19. The van der Waals surface area contributed by atoms with Crippen molar-refractivity contribution in [2.24, 2.45) is 0 Å². The Balaban J connectivity index is 1.51. The van der Waals surface area contributed by atoms with Crippen LogP contribution >= 0.6 is 15.9 Å². The Bertz CT molecular complexity index is 1040. The van der Waals surface area contributed by atoms with Gasteiger partial charge in [-0.1, -0.05) is 29.8 Å². The Morgan fingerprint density at radius 3 is 2.74 bits per heavy atom. The van der Waals surface area contributed by atoms with Crippen LogP contribution in [0.5, 0.6) is 11.5 Å². The van der Waals surface area contributed by atoms with Gasteiger partial charge in [-0.25, -0.2) is 4.63 Å². The lowest BCUT2D eigenvalue weighted by molar-refractivity contribution is 0.0944. The van der Waals surface area contributed by atoms with E-state index >= 15 is 0 Å². The molecule has 0 radical (unpaired) electrons. The van der Waals surface area contributed by atoms with Crippen molar-refractivity contribution in [2.75, 3.05) is 25.9 Å². The molecule has 10 heteroatoms. The van der Waals surface area contributed by atoms with E-state index in [-0.39, 0.29) is 11.5 Å². The van der Waals surface area contributed by atoms with E-state index in [9.17, 15) is 4.79 Å². The number of halogens is 1. The van der Waals surface area contributed by atoms with E-state index in [4.69, 9.17) is 15.2 Å². The maximum atomic E-state index is 11.9. The number of nitrogens with one attached hydrogen (secondary N) is 2. The van der Waals surface area contributed by atoms with Crippen LogP contribution in [0.1, 0.15) is 27.2 Å². The summed E-state index contributed by atoms with van der Waals surface area (Å²) >= 11 is 3.57. The maximum absolute atomic E-state index is 11.9. The number of anilines is 1. The number of aryl methyl sites for hydroxylation is 1. The molecule has 0 fully saturated rings. The van der Waals surface area contributed by atoms with Crippen LogP contribution in [0.3, 0.4) is 0 Å². The summed E-state index contributed by atoms with van der Waals surface area (Å²) in [7, 11) is 1.61. The molecule has 164 valence electrons. The lowest BCUT2D eigenvalue weighted by Gasteiger charge is -2.15. The van der Waals surface area contributed by atoms with Gasteiger partial charge >= 0.3 is 0 Å². The van der Waals surface area contributed by atoms with Crippen molar-refractivity contribution in [1.29, 1.82) is 0 Å². The van der Waals surface area contributed by atoms with E-state index in [1.165, 1.54) is 5.56 Å². The second-order valence-electron chi connectivity index (χ2n) is 6.82. The minimum atomic E-state index is -0.430. The number of nitrogens with two attached hydrogens (primary N) is 1. The third-order valence-corrected chi connectivity index (χ3v) is 4.99. The van der Waals surface area contributed by atoms with Crippen molar-refractivity contribution in [3.8, 4) is 11.5 Å². The Morgan fingerprint density at radius 2 is 2.03 bits per heavy atom. The predicted octanol–water partition coefficient (Wildman–Crippen LogP) is 2.83.